The molecule has 0 fully saturated rings. The normalized spacial score (nSPS) is 10.1. The topological polar surface area (TPSA) is 50.7 Å². The molecule has 0 aliphatic rings. The average molecular weight is 300 g/mol. The van der Waals surface area contributed by atoms with Gasteiger partial charge in [0.1, 0.15) is 6.33 Å². The third kappa shape index (κ3) is 2.90. The largest absolute Gasteiger partial charge is 0.378 e. The van der Waals surface area contributed by atoms with Crippen LogP contribution in [-0.4, -0.2) is 15.0 Å². The van der Waals surface area contributed by atoms with Gasteiger partial charge in [-0.2, -0.15) is 0 Å². The summed E-state index contributed by atoms with van der Waals surface area (Å²) in [6.07, 6.45) is 6.65. The van der Waals surface area contributed by atoms with Gasteiger partial charge in [-0.3, -0.25) is 0 Å². The minimum atomic E-state index is 0.444. The fourth-order valence-electron chi connectivity index (χ4n) is 1.17. The van der Waals surface area contributed by atoms with Crippen LogP contribution in [-0.2, 0) is 6.54 Å². The van der Waals surface area contributed by atoms with Gasteiger partial charge in [-0.15, -0.1) is 0 Å². The van der Waals surface area contributed by atoms with E-state index < -0.39 is 0 Å². The van der Waals surface area contributed by atoms with Crippen LogP contribution in [0.5, 0.6) is 0 Å². The Bertz CT molecular complexity index is 478. The van der Waals surface area contributed by atoms with Crippen LogP contribution in [0.15, 0.2) is 35.5 Å². The average Bonchev–Trinajstić information content (AvgIpc) is 2.32. The van der Waals surface area contributed by atoms with Crippen molar-refractivity contribution in [1.82, 2.24) is 15.0 Å². The van der Waals surface area contributed by atoms with Gasteiger partial charge in [-0.25, -0.2) is 15.0 Å². The standard InChI is InChI=1S/C10H8BrClN4/c11-8-1-9(10(12)16-5-8)15-4-7-2-13-6-14-3-7/h1-3,5-6,15H,4H2. The number of anilines is 1. The predicted octanol–water partition coefficient (Wildman–Crippen LogP) is 2.90. The van der Waals surface area contributed by atoms with Gasteiger partial charge in [-0.1, -0.05) is 11.6 Å². The van der Waals surface area contributed by atoms with Crippen molar-refractivity contribution in [1.29, 1.82) is 0 Å². The molecule has 0 aromatic carbocycles. The van der Waals surface area contributed by atoms with Gasteiger partial charge in [0.25, 0.3) is 0 Å². The van der Waals surface area contributed by atoms with E-state index >= 15 is 0 Å². The summed E-state index contributed by atoms with van der Waals surface area (Å²) in [4.78, 5) is 11.9. The highest BCUT2D eigenvalue weighted by atomic mass is 79.9. The zero-order valence-electron chi connectivity index (χ0n) is 8.19. The van der Waals surface area contributed by atoms with Crippen LogP contribution < -0.4 is 5.32 Å². The van der Waals surface area contributed by atoms with Gasteiger partial charge in [0.15, 0.2) is 5.15 Å². The van der Waals surface area contributed by atoms with Crippen molar-refractivity contribution in [3.8, 4) is 0 Å². The molecule has 2 rings (SSSR count). The lowest BCUT2D eigenvalue weighted by atomic mass is 10.3. The molecular weight excluding hydrogens is 291 g/mol. The summed E-state index contributed by atoms with van der Waals surface area (Å²) < 4.78 is 0.878. The van der Waals surface area contributed by atoms with Crippen LogP contribution in [0.2, 0.25) is 5.15 Å². The molecule has 0 aliphatic heterocycles. The van der Waals surface area contributed by atoms with Crippen LogP contribution in [0.3, 0.4) is 0 Å². The van der Waals surface area contributed by atoms with Crippen LogP contribution in [0, 0.1) is 0 Å². The van der Waals surface area contributed by atoms with Crippen molar-refractivity contribution in [3.63, 3.8) is 0 Å². The molecule has 16 heavy (non-hydrogen) atoms. The van der Waals surface area contributed by atoms with Crippen molar-refractivity contribution in [2.24, 2.45) is 0 Å². The van der Waals surface area contributed by atoms with Gasteiger partial charge < -0.3 is 5.32 Å². The number of halogens is 2. The summed E-state index contributed by atoms with van der Waals surface area (Å²) in [5.41, 5.74) is 1.76. The first-order chi connectivity index (χ1) is 7.75. The highest BCUT2D eigenvalue weighted by Gasteiger charge is 2.02. The Balaban J connectivity index is 2.08. The summed E-state index contributed by atoms with van der Waals surface area (Å²) in [7, 11) is 0. The number of nitrogens with zero attached hydrogens (tertiary/aromatic N) is 3. The smallest absolute Gasteiger partial charge is 0.152 e. The van der Waals surface area contributed by atoms with Gasteiger partial charge in [0.05, 0.1) is 5.69 Å². The highest BCUT2D eigenvalue weighted by Crippen LogP contribution is 2.23. The molecule has 0 spiro atoms. The van der Waals surface area contributed by atoms with Crippen molar-refractivity contribution >= 4 is 33.2 Å². The Hall–Kier alpha value is -1.20. The van der Waals surface area contributed by atoms with Crippen molar-refractivity contribution < 1.29 is 0 Å². The second kappa shape index (κ2) is 5.23. The molecule has 0 saturated carbocycles. The first-order valence-corrected chi connectivity index (χ1v) is 5.71. The van der Waals surface area contributed by atoms with E-state index in [0.29, 0.717) is 11.7 Å². The Morgan fingerprint density at radius 1 is 1.25 bits per heavy atom. The lowest BCUT2D eigenvalue weighted by molar-refractivity contribution is 1.05. The molecule has 2 aromatic rings. The minimum Gasteiger partial charge on any atom is -0.378 e. The van der Waals surface area contributed by atoms with E-state index in [2.05, 4.69) is 36.2 Å². The highest BCUT2D eigenvalue weighted by molar-refractivity contribution is 9.10. The van der Waals surface area contributed by atoms with Crippen molar-refractivity contribution in [2.75, 3.05) is 5.32 Å². The van der Waals surface area contributed by atoms with E-state index in [1.54, 1.807) is 18.6 Å². The van der Waals surface area contributed by atoms with E-state index in [9.17, 15) is 0 Å². The number of hydrogen-bond donors (Lipinski definition) is 1. The molecule has 0 unspecified atom stereocenters. The molecule has 2 aromatic heterocycles. The summed E-state index contributed by atoms with van der Waals surface area (Å²) in [5, 5.41) is 3.61. The van der Waals surface area contributed by atoms with E-state index in [4.69, 9.17) is 11.6 Å². The molecule has 0 radical (unpaired) electrons. The molecule has 82 valence electrons. The lowest BCUT2D eigenvalue weighted by Crippen LogP contribution is -2.01. The molecule has 4 nitrogen and oxygen atoms in total. The van der Waals surface area contributed by atoms with Crippen molar-refractivity contribution in [2.45, 2.75) is 6.54 Å². The Morgan fingerprint density at radius 2 is 2.00 bits per heavy atom. The van der Waals surface area contributed by atoms with E-state index in [1.807, 2.05) is 6.07 Å². The second-order valence-corrected chi connectivity index (χ2v) is 4.37. The molecule has 0 aliphatic carbocycles. The van der Waals surface area contributed by atoms with Gasteiger partial charge in [-0.05, 0) is 22.0 Å². The molecule has 0 saturated heterocycles. The van der Waals surface area contributed by atoms with E-state index in [-0.39, 0.29) is 0 Å². The molecular formula is C10H8BrClN4. The van der Waals surface area contributed by atoms with Gasteiger partial charge >= 0.3 is 0 Å². The Morgan fingerprint density at radius 3 is 2.75 bits per heavy atom. The summed E-state index contributed by atoms with van der Waals surface area (Å²) >= 11 is 9.27. The maximum absolute atomic E-state index is 5.94. The van der Waals surface area contributed by atoms with Crippen LogP contribution in [0.25, 0.3) is 0 Å². The molecule has 6 heteroatoms. The maximum Gasteiger partial charge on any atom is 0.152 e. The van der Waals surface area contributed by atoms with E-state index in [1.165, 1.54) is 6.33 Å². The first-order valence-electron chi connectivity index (χ1n) is 4.54. The number of nitrogens with one attached hydrogen (secondary N) is 1. The third-order valence-corrected chi connectivity index (χ3v) is 2.64. The number of hydrogen-bond acceptors (Lipinski definition) is 4. The predicted molar refractivity (Wildman–Crippen MR) is 66.3 cm³/mol. The second-order valence-electron chi connectivity index (χ2n) is 3.09. The van der Waals surface area contributed by atoms with E-state index in [0.717, 1.165) is 15.7 Å². The summed E-state index contributed by atoms with van der Waals surface area (Å²) in [6, 6.07) is 1.87. The number of pyridine rings is 1. The summed E-state index contributed by atoms with van der Waals surface area (Å²) in [5.74, 6) is 0. The maximum atomic E-state index is 5.94. The van der Waals surface area contributed by atoms with Crippen LogP contribution in [0.4, 0.5) is 5.69 Å². The van der Waals surface area contributed by atoms with Crippen LogP contribution in [0.1, 0.15) is 5.56 Å². The van der Waals surface area contributed by atoms with Gasteiger partial charge in [0, 0.05) is 35.2 Å². The molecule has 0 amide bonds. The quantitative estimate of drug-likeness (QED) is 0.885. The number of rotatable bonds is 3. The zero-order valence-corrected chi connectivity index (χ0v) is 10.5. The molecule has 0 atom stereocenters. The SMILES string of the molecule is Clc1ncc(Br)cc1NCc1cncnc1. The van der Waals surface area contributed by atoms with Gasteiger partial charge in [0.2, 0.25) is 0 Å². The molecule has 0 bridgehead atoms. The van der Waals surface area contributed by atoms with Crippen LogP contribution >= 0.6 is 27.5 Å². The Labute approximate surface area is 106 Å². The number of aromatic nitrogens is 3. The fourth-order valence-corrected chi connectivity index (χ4v) is 1.67. The third-order valence-electron chi connectivity index (χ3n) is 1.90. The minimum absolute atomic E-state index is 0.444. The fraction of sp³-hybridized carbons (Fsp3) is 0.100. The molecule has 1 N–H and O–H groups in total. The zero-order chi connectivity index (χ0) is 11.4. The first kappa shape index (κ1) is 11.3. The lowest BCUT2D eigenvalue weighted by Gasteiger charge is -2.07. The summed E-state index contributed by atoms with van der Waals surface area (Å²) in [6.45, 7) is 0.610. The van der Waals surface area contributed by atoms with Crippen molar-refractivity contribution in [3.05, 3.63) is 46.2 Å². The monoisotopic (exact) mass is 298 g/mol. The molecule has 2 heterocycles. The Kier molecular flexibility index (Phi) is 3.69.